The second-order valence-electron chi connectivity index (χ2n) is 11.2. The number of aliphatic carboxylic acids is 2. The molecule has 0 heterocycles. The van der Waals surface area contributed by atoms with Crippen molar-refractivity contribution in [3.63, 3.8) is 0 Å². The second-order valence-corrected chi connectivity index (χ2v) is 11.2. The SMILES string of the molecule is CCCCCCCCCCCCCC(O)CC(=O)O.CCCCCCCCCCCCCC(O)CC(=O)O. The summed E-state index contributed by atoms with van der Waals surface area (Å²) in [5.74, 6) is -1.81. The predicted molar refractivity (Wildman–Crippen MR) is 159 cm³/mol. The molecule has 0 amide bonds. The number of carboxylic acid groups (broad SMARTS) is 2. The molecule has 6 nitrogen and oxygen atoms in total. The zero-order valence-corrected chi connectivity index (χ0v) is 25.1. The normalized spacial score (nSPS) is 12.5. The van der Waals surface area contributed by atoms with Gasteiger partial charge < -0.3 is 20.4 Å². The molecular formula is C32H64O6. The van der Waals surface area contributed by atoms with Crippen LogP contribution in [0.3, 0.4) is 0 Å². The van der Waals surface area contributed by atoms with E-state index in [0.29, 0.717) is 12.8 Å². The van der Waals surface area contributed by atoms with Gasteiger partial charge >= 0.3 is 11.9 Å². The topological polar surface area (TPSA) is 115 Å². The summed E-state index contributed by atoms with van der Waals surface area (Å²) in [5, 5.41) is 35.8. The third-order valence-electron chi connectivity index (χ3n) is 7.10. The number of unbranched alkanes of at least 4 members (excludes halogenated alkanes) is 20. The molecule has 4 N–H and O–H groups in total. The maximum atomic E-state index is 10.4. The van der Waals surface area contributed by atoms with Crippen molar-refractivity contribution in [2.75, 3.05) is 0 Å². The van der Waals surface area contributed by atoms with Gasteiger partial charge in [-0.25, -0.2) is 0 Å². The smallest absolute Gasteiger partial charge is 0.305 e. The first-order valence-corrected chi connectivity index (χ1v) is 16.1. The van der Waals surface area contributed by atoms with Crippen molar-refractivity contribution >= 4 is 11.9 Å². The number of rotatable bonds is 28. The van der Waals surface area contributed by atoms with E-state index in [0.717, 1.165) is 25.7 Å². The summed E-state index contributed by atoms with van der Waals surface area (Å²) < 4.78 is 0. The van der Waals surface area contributed by atoms with Crippen LogP contribution in [0.2, 0.25) is 0 Å². The van der Waals surface area contributed by atoms with Crippen LogP contribution in [0.1, 0.15) is 181 Å². The number of hydrogen-bond acceptors (Lipinski definition) is 4. The molecule has 228 valence electrons. The quantitative estimate of drug-likeness (QED) is 0.0730. The Bertz CT molecular complexity index is 452. The first-order chi connectivity index (χ1) is 18.3. The zero-order valence-electron chi connectivity index (χ0n) is 25.1. The van der Waals surface area contributed by atoms with Crippen molar-refractivity contribution in [2.45, 2.75) is 193 Å². The van der Waals surface area contributed by atoms with Crippen molar-refractivity contribution < 1.29 is 30.0 Å². The Kier molecular flexibility index (Phi) is 32.9. The van der Waals surface area contributed by atoms with Gasteiger partial charge in [-0.2, -0.15) is 0 Å². The van der Waals surface area contributed by atoms with E-state index in [1.807, 2.05) is 0 Å². The van der Waals surface area contributed by atoms with Crippen LogP contribution in [0.25, 0.3) is 0 Å². The van der Waals surface area contributed by atoms with Crippen molar-refractivity contribution in [2.24, 2.45) is 0 Å². The van der Waals surface area contributed by atoms with Crippen LogP contribution in [-0.4, -0.2) is 44.6 Å². The van der Waals surface area contributed by atoms with Crippen LogP contribution in [-0.2, 0) is 9.59 Å². The van der Waals surface area contributed by atoms with Gasteiger partial charge in [0.25, 0.3) is 0 Å². The highest BCUT2D eigenvalue weighted by Gasteiger charge is 2.09. The average molecular weight is 545 g/mol. The predicted octanol–water partition coefficient (Wildman–Crippen LogP) is 9.05. The molecule has 0 radical (unpaired) electrons. The molecule has 0 aromatic rings. The molecule has 0 saturated heterocycles. The van der Waals surface area contributed by atoms with Crippen molar-refractivity contribution in [1.29, 1.82) is 0 Å². The maximum Gasteiger partial charge on any atom is 0.305 e. The molecule has 6 heteroatoms. The highest BCUT2D eigenvalue weighted by molar-refractivity contribution is 5.67. The van der Waals surface area contributed by atoms with Gasteiger partial charge in [-0.1, -0.05) is 155 Å². The van der Waals surface area contributed by atoms with Crippen molar-refractivity contribution in [3.05, 3.63) is 0 Å². The number of hydrogen-bond donors (Lipinski definition) is 4. The van der Waals surface area contributed by atoms with Gasteiger partial charge in [-0.15, -0.1) is 0 Å². The van der Waals surface area contributed by atoms with Crippen LogP contribution in [0, 0.1) is 0 Å². The molecule has 0 fully saturated rings. The Balaban J connectivity index is 0. The Morgan fingerprint density at radius 3 is 0.842 bits per heavy atom. The number of carbonyl (C=O) groups is 2. The molecular weight excluding hydrogens is 480 g/mol. The Hall–Kier alpha value is -1.14. The fourth-order valence-corrected chi connectivity index (χ4v) is 4.70. The Labute approximate surface area is 235 Å². The summed E-state index contributed by atoms with van der Waals surface area (Å²) in [6, 6.07) is 0. The fraction of sp³-hybridized carbons (Fsp3) is 0.938. The summed E-state index contributed by atoms with van der Waals surface area (Å²) in [4.78, 5) is 20.7. The zero-order chi connectivity index (χ0) is 28.7. The van der Waals surface area contributed by atoms with Crippen LogP contribution in [0.4, 0.5) is 0 Å². The summed E-state index contributed by atoms with van der Waals surface area (Å²) in [7, 11) is 0. The van der Waals surface area contributed by atoms with E-state index in [1.54, 1.807) is 0 Å². The summed E-state index contributed by atoms with van der Waals surface area (Å²) >= 11 is 0. The monoisotopic (exact) mass is 544 g/mol. The first kappa shape index (κ1) is 39.0. The molecule has 0 saturated carbocycles. The minimum absolute atomic E-state index is 0.113. The molecule has 0 aromatic carbocycles. The maximum absolute atomic E-state index is 10.4. The third kappa shape index (κ3) is 37.0. The highest BCUT2D eigenvalue weighted by Crippen LogP contribution is 2.14. The Morgan fingerprint density at radius 1 is 0.421 bits per heavy atom. The minimum atomic E-state index is -0.907. The molecule has 0 aliphatic carbocycles. The van der Waals surface area contributed by atoms with E-state index in [-0.39, 0.29) is 12.8 Å². The summed E-state index contributed by atoms with van der Waals surface area (Å²) in [5.41, 5.74) is 0. The van der Waals surface area contributed by atoms with Crippen LogP contribution >= 0.6 is 0 Å². The largest absolute Gasteiger partial charge is 0.481 e. The van der Waals surface area contributed by atoms with Gasteiger partial charge in [0.05, 0.1) is 25.0 Å². The van der Waals surface area contributed by atoms with Gasteiger partial charge in [0.1, 0.15) is 0 Å². The van der Waals surface area contributed by atoms with Gasteiger partial charge in [0.2, 0.25) is 0 Å². The lowest BCUT2D eigenvalue weighted by Crippen LogP contribution is -2.12. The van der Waals surface area contributed by atoms with Crippen LogP contribution in [0.5, 0.6) is 0 Å². The lowest BCUT2D eigenvalue weighted by Gasteiger charge is -2.07. The standard InChI is InChI=1S/2C16H32O3/c2*1-2-3-4-5-6-7-8-9-10-11-12-13-15(17)14-16(18)19/h2*15,17H,2-14H2,1H3,(H,18,19). The molecule has 38 heavy (non-hydrogen) atoms. The number of aliphatic hydroxyl groups is 2. The lowest BCUT2D eigenvalue weighted by molar-refractivity contribution is -0.140. The molecule has 0 rings (SSSR count). The van der Waals surface area contributed by atoms with Crippen molar-refractivity contribution in [3.8, 4) is 0 Å². The molecule has 0 bridgehead atoms. The van der Waals surface area contributed by atoms with Crippen LogP contribution in [0.15, 0.2) is 0 Å². The van der Waals surface area contributed by atoms with Gasteiger partial charge in [-0.05, 0) is 12.8 Å². The van der Waals surface area contributed by atoms with Gasteiger partial charge in [0, 0.05) is 0 Å². The number of aliphatic hydroxyl groups excluding tert-OH is 2. The third-order valence-corrected chi connectivity index (χ3v) is 7.10. The summed E-state index contributed by atoms with van der Waals surface area (Å²) in [6.07, 6.45) is 27.9. The van der Waals surface area contributed by atoms with Gasteiger partial charge in [0.15, 0.2) is 0 Å². The second kappa shape index (κ2) is 32.1. The Morgan fingerprint density at radius 2 is 0.632 bits per heavy atom. The van der Waals surface area contributed by atoms with E-state index in [2.05, 4.69) is 13.8 Å². The van der Waals surface area contributed by atoms with E-state index in [1.165, 1.54) is 116 Å². The van der Waals surface area contributed by atoms with Crippen LogP contribution < -0.4 is 0 Å². The summed E-state index contributed by atoms with van der Waals surface area (Å²) in [6.45, 7) is 4.49. The van der Waals surface area contributed by atoms with E-state index < -0.39 is 24.1 Å². The molecule has 0 spiro atoms. The average Bonchev–Trinajstić information content (AvgIpc) is 2.85. The molecule has 0 aliphatic rings. The highest BCUT2D eigenvalue weighted by atomic mass is 16.4. The molecule has 0 aromatic heterocycles. The van der Waals surface area contributed by atoms with E-state index in [9.17, 15) is 19.8 Å². The molecule has 0 aliphatic heterocycles. The number of carboxylic acids is 2. The first-order valence-electron chi connectivity index (χ1n) is 16.1. The van der Waals surface area contributed by atoms with Gasteiger partial charge in [-0.3, -0.25) is 9.59 Å². The fourth-order valence-electron chi connectivity index (χ4n) is 4.70. The molecule has 2 unspecified atom stereocenters. The lowest BCUT2D eigenvalue weighted by atomic mass is 10.0. The van der Waals surface area contributed by atoms with E-state index >= 15 is 0 Å². The molecule has 2 atom stereocenters. The van der Waals surface area contributed by atoms with E-state index in [4.69, 9.17) is 10.2 Å². The van der Waals surface area contributed by atoms with Crippen molar-refractivity contribution in [1.82, 2.24) is 0 Å². The minimum Gasteiger partial charge on any atom is -0.481 e.